The van der Waals surface area contributed by atoms with E-state index in [0.717, 1.165) is 24.2 Å². The van der Waals surface area contributed by atoms with E-state index >= 15 is 0 Å². The fourth-order valence-corrected chi connectivity index (χ4v) is 2.91. The van der Waals surface area contributed by atoms with Crippen LogP contribution in [-0.2, 0) is 6.61 Å². The van der Waals surface area contributed by atoms with Gasteiger partial charge in [-0.05, 0) is 37.1 Å². The Balaban J connectivity index is 1.91. The molecule has 1 aromatic carbocycles. The van der Waals surface area contributed by atoms with Crippen molar-refractivity contribution in [2.24, 2.45) is 5.92 Å². The first-order valence-electron chi connectivity index (χ1n) is 7.90. The maximum absolute atomic E-state index is 10.4. The normalized spacial score (nSPS) is 21.0. The van der Waals surface area contributed by atoms with Crippen LogP contribution in [0.4, 0.5) is 0 Å². The number of aliphatic hydroxyl groups excluding tert-OH is 3. The van der Waals surface area contributed by atoms with E-state index in [-0.39, 0.29) is 12.5 Å². The molecule has 4 heteroatoms. The molecule has 4 nitrogen and oxygen atoms in total. The highest BCUT2D eigenvalue weighted by atomic mass is 16.3. The Morgan fingerprint density at radius 1 is 1.05 bits per heavy atom. The summed E-state index contributed by atoms with van der Waals surface area (Å²) in [6.45, 7) is 4.62. The Labute approximate surface area is 127 Å². The van der Waals surface area contributed by atoms with Crippen molar-refractivity contribution in [1.82, 2.24) is 4.90 Å². The summed E-state index contributed by atoms with van der Waals surface area (Å²) in [7, 11) is 0. The molecule has 0 saturated carbocycles. The molecule has 0 unspecified atom stereocenters. The second-order valence-electron chi connectivity index (χ2n) is 6.13. The average molecular weight is 293 g/mol. The molecule has 118 valence electrons. The van der Waals surface area contributed by atoms with E-state index in [2.05, 4.69) is 4.90 Å². The van der Waals surface area contributed by atoms with Crippen molar-refractivity contribution in [2.45, 2.75) is 45.0 Å². The highest BCUT2D eigenvalue weighted by molar-refractivity contribution is 5.24. The summed E-state index contributed by atoms with van der Waals surface area (Å²) in [6.07, 6.45) is 2.47. The van der Waals surface area contributed by atoms with Crippen molar-refractivity contribution in [3.05, 3.63) is 35.4 Å². The van der Waals surface area contributed by atoms with E-state index in [9.17, 15) is 10.2 Å². The molecule has 0 amide bonds. The molecule has 0 spiro atoms. The lowest BCUT2D eigenvalue weighted by molar-refractivity contribution is -0.00110. The molecule has 1 heterocycles. The first-order valence-corrected chi connectivity index (χ1v) is 7.90. The monoisotopic (exact) mass is 293 g/mol. The lowest BCUT2D eigenvalue weighted by atomic mass is 9.91. The van der Waals surface area contributed by atoms with Crippen molar-refractivity contribution in [3.63, 3.8) is 0 Å². The average Bonchev–Trinajstić information content (AvgIpc) is 2.54. The lowest BCUT2D eigenvalue weighted by Crippen LogP contribution is -2.40. The Hall–Kier alpha value is -0.940. The van der Waals surface area contributed by atoms with Crippen LogP contribution in [0.2, 0.25) is 0 Å². The van der Waals surface area contributed by atoms with Crippen LogP contribution in [0.5, 0.6) is 0 Å². The van der Waals surface area contributed by atoms with Crippen LogP contribution < -0.4 is 0 Å². The molecule has 0 aromatic heterocycles. The minimum Gasteiger partial charge on any atom is -0.392 e. The van der Waals surface area contributed by atoms with Gasteiger partial charge in [0.1, 0.15) is 0 Å². The summed E-state index contributed by atoms with van der Waals surface area (Å²) < 4.78 is 0. The van der Waals surface area contributed by atoms with Crippen LogP contribution >= 0.6 is 0 Å². The fourth-order valence-electron chi connectivity index (χ4n) is 2.91. The maximum Gasteiger partial charge on any atom is 0.0840 e. The van der Waals surface area contributed by atoms with Crippen LogP contribution in [-0.4, -0.2) is 46.0 Å². The van der Waals surface area contributed by atoms with Gasteiger partial charge in [-0.2, -0.15) is 0 Å². The van der Waals surface area contributed by atoms with E-state index in [1.54, 1.807) is 0 Å². The van der Waals surface area contributed by atoms with Gasteiger partial charge in [-0.3, -0.25) is 0 Å². The van der Waals surface area contributed by atoms with E-state index in [1.807, 2.05) is 31.2 Å². The molecule has 2 rings (SSSR count). The number of hydrogen-bond donors (Lipinski definition) is 3. The van der Waals surface area contributed by atoms with Crippen molar-refractivity contribution in [1.29, 1.82) is 0 Å². The topological polar surface area (TPSA) is 63.9 Å². The summed E-state index contributed by atoms with van der Waals surface area (Å²) in [5.74, 6) is -0.216. The van der Waals surface area contributed by atoms with Gasteiger partial charge in [0.15, 0.2) is 0 Å². The van der Waals surface area contributed by atoms with Crippen molar-refractivity contribution in [2.75, 3.05) is 19.6 Å². The first-order chi connectivity index (χ1) is 10.1. The minimum absolute atomic E-state index is 0.00349. The zero-order valence-corrected chi connectivity index (χ0v) is 12.8. The zero-order chi connectivity index (χ0) is 15.2. The van der Waals surface area contributed by atoms with E-state index < -0.39 is 12.2 Å². The molecule has 0 aliphatic carbocycles. The number of piperidine rings is 1. The van der Waals surface area contributed by atoms with Crippen molar-refractivity contribution >= 4 is 0 Å². The molecule has 1 fully saturated rings. The second kappa shape index (κ2) is 7.90. The van der Waals surface area contributed by atoms with Gasteiger partial charge in [-0.15, -0.1) is 0 Å². The predicted molar refractivity (Wildman–Crippen MR) is 82.8 cm³/mol. The van der Waals surface area contributed by atoms with Gasteiger partial charge < -0.3 is 20.2 Å². The SMILES string of the molecule is C[C@@H]([C@H](O)CN1CCCCC1)[C@@H](O)c1ccc(CO)cc1. The number of hydrogen-bond acceptors (Lipinski definition) is 4. The van der Waals surface area contributed by atoms with Gasteiger partial charge in [-0.25, -0.2) is 0 Å². The lowest BCUT2D eigenvalue weighted by Gasteiger charge is -2.32. The first kappa shape index (κ1) is 16.4. The second-order valence-corrected chi connectivity index (χ2v) is 6.13. The number of aliphatic hydroxyl groups is 3. The van der Waals surface area contributed by atoms with Gasteiger partial charge in [0.2, 0.25) is 0 Å². The van der Waals surface area contributed by atoms with Gasteiger partial charge in [0.25, 0.3) is 0 Å². The molecule has 0 bridgehead atoms. The van der Waals surface area contributed by atoms with Gasteiger partial charge in [0.05, 0.1) is 18.8 Å². The van der Waals surface area contributed by atoms with Crippen LogP contribution in [0.3, 0.4) is 0 Å². The largest absolute Gasteiger partial charge is 0.392 e. The Bertz CT molecular complexity index is 415. The zero-order valence-electron chi connectivity index (χ0n) is 12.8. The number of benzene rings is 1. The molecule has 1 aliphatic heterocycles. The number of likely N-dealkylation sites (tertiary alicyclic amines) is 1. The molecule has 0 radical (unpaired) electrons. The summed E-state index contributed by atoms with van der Waals surface area (Å²) in [6, 6.07) is 7.26. The predicted octanol–water partition coefficient (Wildman–Crippen LogP) is 1.70. The summed E-state index contributed by atoms with van der Waals surface area (Å²) >= 11 is 0. The van der Waals surface area contributed by atoms with Gasteiger partial charge in [-0.1, -0.05) is 37.6 Å². The molecular weight excluding hydrogens is 266 g/mol. The summed E-state index contributed by atoms with van der Waals surface area (Å²) in [5, 5.41) is 29.8. The quantitative estimate of drug-likeness (QED) is 0.747. The fraction of sp³-hybridized carbons (Fsp3) is 0.647. The Morgan fingerprint density at radius 3 is 2.24 bits per heavy atom. The molecule has 3 N–H and O–H groups in total. The Morgan fingerprint density at radius 2 is 1.67 bits per heavy atom. The minimum atomic E-state index is -0.683. The van der Waals surface area contributed by atoms with Gasteiger partial charge >= 0.3 is 0 Å². The molecular formula is C17H27NO3. The molecule has 1 aromatic rings. The summed E-state index contributed by atoms with van der Waals surface area (Å²) in [4.78, 5) is 2.28. The van der Waals surface area contributed by atoms with Crippen molar-refractivity contribution in [3.8, 4) is 0 Å². The van der Waals surface area contributed by atoms with Crippen LogP contribution in [0.15, 0.2) is 24.3 Å². The van der Waals surface area contributed by atoms with Gasteiger partial charge in [0, 0.05) is 12.5 Å². The van der Waals surface area contributed by atoms with E-state index in [4.69, 9.17) is 5.11 Å². The van der Waals surface area contributed by atoms with E-state index in [0.29, 0.717) is 6.54 Å². The van der Waals surface area contributed by atoms with Crippen LogP contribution in [0, 0.1) is 5.92 Å². The third-order valence-electron chi connectivity index (χ3n) is 4.50. The smallest absolute Gasteiger partial charge is 0.0840 e. The summed E-state index contributed by atoms with van der Waals surface area (Å²) in [5.41, 5.74) is 1.62. The molecule has 1 aliphatic rings. The van der Waals surface area contributed by atoms with Crippen molar-refractivity contribution < 1.29 is 15.3 Å². The van der Waals surface area contributed by atoms with Crippen LogP contribution in [0.1, 0.15) is 43.4 Å². The molecule has 3 atom stereocenters. The third kappa shape index (κ3) is 4.51. The van der Waals surface area contributed by atoms with Crippen LogP contribution in [0.25, 0.3) is 0 Å². The Kier molecular flexibility index (Phi) is 6.18. The standard InChI is InChI=1S/C17H27NO3/c1-13(16(20)11-18-9-3-2-4-10-18)17(21)15-7-5-14(12-19)6-8-15/h5-8,13,16-17,19-21H,2-4,9-12H2,1H3/t13-,16+,17+/m0/s1. The highest BCUT2D eigenvalue weighted by Gasteiger charge is 2.26. The highest BCUT2D eigenvalue weighted by Crippen LogP contribution is 2.25. The number of nitrogens with zero attached hydrogens (tertiary/aromatic N) is 1. The maximum atomic E-state index is 10.4. The third-order valence-corrected chi connectivity index (χ3v) is 4.50. The molecule has 1 saturated heterocycles. The number of rotatable bonds is 6. The number of β-amino-alcohol motifs (C(OH)–C–C–N with tert-alkyl or cyclic N) is 1. The molecule has 21 heavy (non-hydrogen) atoms. The van der Waals surface area contributed by atoms with E-state index in [1.165, 1.54) is 19.3 Å².